The highest BCUT2D eigenvalue weighted by Gasteiger charge is 2.18. The standard InChI is InChI=1S/C13H17N3OS4/c17-11(14-6-7-15-12(18)19)10(16-13(20)21)8-9-4-2-1-3-5-9/h1-5,10H,6-8H2,(H,14,17)(H2,15,18,19)(H2,16,20,21)/t10-/m0/s1. The van der Waals surface area contributed by atoms with Crippen molar-refractivity contribution in [2.24, 2.45) is 0 Å². The highest BCUT2D eigenvalue weighted by molar-refractivity contribution is 8.11. The third-order valence-electron chi connectivity index (χ3n) is 2.60. The summed E-state index contributed by atoms with van der Waals surface area (Å²) in [6, 6.07) is 9.26. The second kappa shape index (κ2) is 9.99. The number of hydrogen-bond acceptors (Lipinski definition) is 3. The van der Waals surface area contributed by atoms with Crippen molar-refractivity contribution in [1.29, 1.82) is 0 Å². The van der Waals surface area contributed by atoms with Crippen molar-refractivity contribution in [3.63, 3.8) is 0 Å². The Morgan fingerprint density at radius 3 is 2.24 bits per heavy atom. The van der Waals surface area contributed by atoms with Gasteiger partial charge in [0.15, 0.2) is 0 Å². The van der Waals surface area contributed by atoms with E-state index in [4.69, 9.17) is 24.4 Å². The lowest BCUT2D eigenvalue weighted by Gasteiger charge is -2.18. The van der Waals surface area contributed by atoms with Gasteiger partial charge in [0, 0.05) is 19.5 Å². The van der Waals surface area contributed by atoms with Gasteiger partial charge >= 0.3 is 0 Å². The van der Waals surface area contributed by atoms with Crippen LogP contribution in [0.4, 0.5) is 0 Å². The molecular weight excluding hydrogens is 342 g/mol. The first-order valence-electron chi connectivity index (χ1n) is 6.27. The molecule has 0 heterocycles. The van der Waals surface area contributed by atoms with Crippen LogP contribution in [-0.4, -0.2) is 33.7 Å². The maximum atomic E-state index is 12.2. The van der Waals surface area contributed by atoms with Crippen LogP contribution in [0.1, 0.15) is 5.56 Å². The van der Waals surface area contributed by atoms with Crippen molar-refractivity contribution in [3.8, 4) is 0 Å². The second-order valence-electron chi connectivity index (χ2n) is 4.21. The molecule has 1 atom stereocenters. The summed E-state index contributed by atoms with van der Waals surface area (Å²) in [5.74, 6) is -0.137. The van der Waals surface area contributed by atoms with Crippen molar-refractivity contribution in [2.75, 3.05) is 13.1 Å². The summed E-state index contributed by atoms with van der Waals surface area (Å²) in [4.78, 5) is 12.2. The minimum atomic E-state index is -0.458. The van der Waals surface area contributed by atoms with Gasteiger partial charge in [0.25, 0.3) is 0 Å². The quantitative estimate of drug-likeness (QED) is 0.289. The van der Waals surface area contributed by atoms with E-state index in [0.29, 0.717) is 28.2 Å². The summed E-state index contributed by atoms with van der Waals surface area (Å²) < 4.78 is 0.695. The molecule has 114 valence electrons. The molecule has 0 bridgehead atoms. The average molecular weight is 360 g/mol. The van der Waals surface area contributed by atoms with Gasteiger partial charge in [-0.05, 0) is 5.56 Å². The van der Waals surface area contributed by atoms with Gasteiger partial charge in [0.2, 0.25) is 5.91 Å². The molecule has 0 aliphatic carbocycles. The molecular formula is C13H17N3OS4. The first kappa shape index (κ1) is 18.2. The van der Waals surface area contributed by atoms with Crippen LogP contribution < -0.4 is 16.0 Å². The molecule has 1 aromatic carbocycles. The van der Waals surface area contributed by atoms with Gasteiger partial charge in [-0.1, -0.05) is 54.8 Å². The van der Waals surface area contributed by atoms with Gasteiger partial charge in [0.1, 0.15) is 14.7 Å². The Kier molecular flexibility index (Phi) is 8.67. The molecule has 1 rings (SSSR count). The fourth-order valence-corrected chi connectivity index (χ4v) is 2.20. The molecule has 0 unspecified atom stereocenters. The van der Waals surface area contributed by atoms with E-state index in [2.05, 4.69) is 41.2 Å². The summed E-state index contributed by atoms with van der Waals surface area (Å²) in [5.41, 5.74) is 1.05. The third kappa shape index (κ3) is 8.25. The Balaban J connectivity index is 2.53. The predicted octanol–water partition coefficient (Wildman–Crippen LogP) is 1.32. The lowest BCUT2D eigenvalue weighted by molar-refractivity contribution is -0.122. The SMILES string of the molecule is O=C(NCCNC(=S)S)[C@H](Cc1ccccc1)NC(=S)S. The molecule has 0 aliphatic rings. The molecule has 0 radical (unpaired) electrons. The highest BCUT2D eigenvalue weighted by Crippen LogP contribution is 2.04. The lowest BCUT2D eigenvalue weighted by Crippen LogP contribution is -2.48. The number of benzene rings is 1. The van der Waals surface area contributed by atoms with E-state index in [-0.39, 0.29) is 5.91 Å². The molecule has 0 saturated heterocycles. The van der Waals surface area contributed by atoms with E-state index in [1.54, 1.807) is 0 Å². The molecule has 0 saturated carbocycles. The van der Waals surface area contributed by atoms with E-state index in [9.17, 15) is 4.79 Å². The van der Waals surface area contributed by atoms with Crippen LogP contribution in [0.25, 0.3) is 0 Å². The van der Waals surface area contributed by atoms with Crippen LogP contribution in [0.15, 0.2) is 30.3 Å². The minimum Gasteiger partial charge on any atom is -0.369 e. The summed E-state index contributed by atoms with van der Waals surface area (Å²) in [7, 11) is 0. The van der Waals surface area contributed by atoms with Crippen LogP contribution in [0, 0.1) is 0 Å². The van der Waals surface area contributed by atoms with Crippen molar-refractivity contribution < 1.29 is 4.79 Å². The molecule has 0 fully saturated rings. The van der Waals surface area contributed by atoms with Gasteiger partial charge in [-0.3, -0.25) is 4.79 Å². The molecule has 0 aromatic heterocycles. The molecule has 0 aliphatic heterocycles. The average Bonchev–Trinajstić information content (AvgIpc) is 2.43. The molecule has 3 N–H and O–H groups in total. The fraction of sp³-hybridized carbons (Fsp3) is 0.308. The van der Waals surface area contributed by atoms with E-state index >= 15 is 0 Å². The largest absolute Gasteiger partial charge is 0.369 e. The van der Waals surface area contributed by atoms with Crippen molar-refractivity contribution in [1.82, 2.24) is 16.0 Å². The number of hydrogen-bond donors (Lipinski definition) is 5. The molecule has 4 nitrogen and oxygen atoms in total. The van der Waals surface area contributed by atoms with E-state index in [1.165, 1.54) is 0 Å². The van der Waals surface area contributed by atoms with Crippen molar-refractivity contribution in [2.45, 2.75) is 12.5 Å². The van der Waals surface area contributed by atoms with E-state index in [1.807, 2.05) is 30.3 Å². The Morgan fingerprint density at radius 2 is 1.67 bits per heavy atom. The maximum absolute atomic E-state index is 12.2. The van der Waals surface area contributed by atoms with Crippen LogP contribution in [-0.2, 0) is 11.2 Å². The number of amides is 1. The zero-order valence-electron chi connectivity index (χ0n) is 11.2. The zero-order valence-corrected chi connectivity index (χ0v) is 14.6. The van der Waals surface area contributed by atoms with Crippen LogP contribution >= 0.6 is 49.7 Å². The Hall–Kier alpha value is -0.830. The maximum Gasteiger partial charge on any atom is 0.242 e. The van der Waals surface area contributed by atoms with Crippen LogP contribution in [0.5, 0.6) is 0 Å². The first-order valence-corrected chi connectivity index (χ1v) is 7.98. The smallest absolute Gasteiger partial charge is 0.242 e. The zero-order chi connectivity index (χ0) is 15.7. The Bertz CT molecular complexity index is 495. The van der Waals surface area contributed by atoms with Crippen molar-refractivity contribution in [3.05, 3.63) is 35.9 Å². The highest BCUT2D eigenvalue weighted by atomic mass is 32.1. The Morgan fingerprint density at radius 1 is 1.05 bits per heavy atom. The van der Waals surface area contributed by atoms with E-state index in [0.717, 1.165) is 5.56 Å². The number of thiocarbonyl (C=S) groups is 2. The third-order valence-corrected chi connectivity index (χ3v) is 3.15. The molecule has 8 heteroatoms. The number of rotatable bonds is 7. The van der Waals surface area contributed by atoms with Gasteiger partial charge in [0.05, 0.1) is 0 Å². The normalized spacial score (nSPS) is 11.3. The summed E-state index contributed by atoms with van der Waals surface area (Å²) >= 11 is 17.7. The fourth-order valence-electron chi connectivity index (χ4n) is 1.69. The summed E-state index contributed by atoms with van der Waals surface area (Å²) in [6.45, 7) is 0.975. The van der Waals surface area contributed by atoms with Gasteiger partial charge in [-0.15, -0.1) is 25.3 Å². The van der Waals surface area contributed by atoms with Gasteiger partial charge in [-0.2, -0.15) is 0 Å². The summed E-state index contributed by atoms with van der Waals surface area (Å²) in [6.07, 6.45) is 0.534. The second-order valence-corrected chi connectivity index (χ2v) is 6.53. The first-order chi connectivity index (χ1) is 9.99. The number of nitrogens with one attached hydrogen (secondary N) is 3. The summed E-state index contributed by atoms with van der Waals surface area (Å²) in [5, 5.41) is 8.56. The topological polar surface area (TPSA) is 53.2 Å². The number of carbonyl (C=O) groups excluding carboxylic acids is 1. The molecule has 1 amide bonds. The van der Waals surface area contributed by atoms with Gasteiger partial charge in [-0.25, -0.2) is 0 Å². The molecule has 0 spiro atoms. The van der Waals surface area contributed by atoms with E-state index < -0.39 is 6.04 Å². The number of thiol groups is 2. The van der Waals surface area contributed by atoms with Crippen molar-refractivity contribution >= 4 is 64.2 Å². The minimum absolute atomic E-state index is 0.137. The predicted molar refractivity (Wildman–Crippen MR) is 101 cm³/mol. The van der Waals surface area contributed by atoms with Gasteiger partial charge < -0.3 is 16.0 Å². The van der Waals surface area contributed by atoms with Crippen LogP contribution in [0.3, 0.4) is 0 Å². The molecule has 21 heavy (non-hydrogen) atoms. The lowest BCUT2D eigenvalue weighted by atomic mass is 10.1. The Labute approximate surface area is 146 Å². The number of carbonyl (C=O) groups is 1. The van der Waals surface area contributed by atoms with Crippen LogP contribution in [0.2, 0.25) is 0 Å². The molecule has 1 aromatic rings. The monoisotopic (exact) mass is 359 g/mol.